The molecule has 140 valence electrons. The van der Waals surface area contributed by atoms with Gasteiger partial charge in [-0.25, -0.2) is 9.18 Å². The van der Waals surface area contributed by atoms with Crippen LogP contribution in [0.5, 0.6) is 0 Å². The Balaban J connectivity index is 2.80. The second kappa shape index (κ2) is 7.52. The number of carbonyl (C=O) groups excluding carboxylic acids is 1. The lowest BCUT2D eigenvalue weighted by Gasteiger charge is -2.47. The number of allylic oxidation sites excluding steroid dienone is 1. The maximum atomic E-state index is 16.5. The highest BCUT2D eigenvalue weighted by molar-refractivity contribution is 6.30. The van der Waals surface area contributed by atoms with Gasteiger partial charge in [0.1, 0.15) is 11.6 Å². The number of nitrogens with two attached hydrogens (primary N) is 1. The summed E-state index contributed by atoms with van der Waals surface area (Å²) < 4.78 is 32.3. The van der Waals surface area contributed by atoms with Gasteiger partial charge in [-0.15, -0.1) is 0 Å². The quantitative estimate of drug-likeness (QED) is 0.786. The summed E-state index contributed by atoms with van der Waals surface area (Å²) in [5.41, 5.74) is 3.04. The Morgan fingerprint density at radius 1 is 1.46 bits per heavy atom. The number of benzene rings is 1. The van der Waals surface area contributed by atoms with E-state index < -0.39 is 23.3 Å². The Hall–Kier alpha value is -2.30. The molecule has 0 aromatic heterocycles. The first-order valence-corrected chi connectivity index (χ1v) is 8.47. The fraction of sp³-hybridized carbons (Fsp3) is 0.444. The summed E-state index contributed by atoms with van der Waals surface area (Å²) in [7, 11) is 0. The van der Waals surface area contributed by atoms with Gasteiger partial charge in [-0.3, -0.25) is 0 Å². The number of carbonyl (C=O) groups is 1. The molecule has 0 spiro atoms. The standard InChI is InChI=1S/C18H20ClFN2O4/c1-4-24-16(23)18(20)14(11-7-6-8-12(19)9-11)13(10-21)15(22)26-17(18,3)25-5-2/h6-9,14H,4-5,22H2,1-3H3/t14-,17-,18+/m1/s1. The summed E-state index contributed by atoms with van der Waals surface area (Å²) in [6.07, 6.45) is 0. The van der Waals surface area contributed by atoms with Gasteiger partial charge in [0.25, 0.3) is 11.5 Å². The van der Waals surface area contributed by atoms with E-state index in [0.717, 1.165) is 0 Å². The molecule has 0 saturated heterocycles. The number of ether oxygens (including phenoxy) is 3. The maximum Gasteiger partial charge on any atom is 0.351 e. The highest BCUT2D eigenvalue weighted by atomic mass is 35.5. The fourth-order valence-corrected chi connectivity index (χ4v) is 3.29. The van der Waals surface area contributed by atoms with Crippen molar-refractivity contribution in [1.29, 1.82) is 5.26 Å². The van der Waals surface area contributed by atoms with Crippen LogP contribution in [0.4, 0.5) is 4.39 Å². The van der Waals surface area contributed by atoms with E-state index in [1.54, 1.807) is 32.0 Å². The summed E-state index contributed by atoms with van der Waals surface area (Å²) in [4.78, 5) is 12.7. The molecule has 0 fully saturated rings. The third-order valence-corrected chi connectivity index (χ3v) is 4.45. The molecule has 3 atom stereocenters. The number of rotatable bonds is 5. The van der Waals surface area contributed by atoms with Gasteiger partial charge in [-0.2, -0.15) is 5.26 Å². The lowest BCUT2D eigenvalue weighted by molar-refractivity contribution is -0.285. The monoisotopic (exact) mass is 382 g/mol. The predicted octanol–water partition coefficient (Wildman–Crippen LogP) is 3.17. The third kappa shape index (κ3) is 3.11. The molecule has 1 aromatic carbocycles. The summed E-state index contributed by atoms with van der Waals surface area (Å²) in [5.74, 6) is -5.02. The zero-order valence-electron chi connectivity index (χ0n) is 14.7. The normalized spacial score (nSPS) is 28.2. The van der Waals surface area contributed by atoms with Gasteiger partial charge in [-0.05, 0) is 31.5 Å². The Bertz CT molecular complexity index is 779. The van der Waals surface area contributed by atoms with E-state index in [9.17, 15) is 10.1 Å². The molecule has 0 unspecified atom stereocenters. The molecular weight excluding hydrogens is 363 g/mol. The van der Waals surface area contributed by atoms with Gasteiger partial charge in [0.05, 0.1) is 12.5 Å². The van der Waals surface area contributed by atoms with Gasteiger partial charge in [0.2, 0.25) is 5.88 Å². The minimum Gasteiger partial charge on any atom is -0.463 e. The van der Waals surface area contributed by atoms with Crippen LogP contribution in [0.25, 0.3) is 0 Å². The number of halogens is 2. The SMILES string of the molecule is CCOC(=O)[C@@]1(F)[C@H](c2cccc(Cl)c2)C(C#N)=C(N)O[C@@]1(C)OCC. The molecule has 0 saturated carbocycles. The number of alkyl halides is 1. The van der Waals surface area contributed by atoms with Gasteiger partial charge < -0.3 is 19.9 Å². The largest absolute Gasteiger partial charge is 0.463 e. The molecule has 0 bridgehead atoms. The van der Waals surface area contributed by atoms with E-state index >= 15 is 4.39 Å². The average molecular weight is 383 g/mol. The van der Waals surface area contributed by atoms with Crippen LogP contribution in [0.2, 0.25) is 5.02 Å². The molecule has 1 aromatic rings. The maximum absolute atomic E-state index is 16.5. The smallest absolute Gasteiger partial charge is 0.351 e. The minimum absolute atomic E-state index is 0.0407. The molecule has 0 radical (unpaired) electrons. The van der Waals surface area contributed by atoms with Crippen molar-refractivity contribution in [2.75, 3.05) is 13.2 Å². The van der Waals surface area contributed by atoms with Crippen molar-refractivity contribution in [3.63, 3.8) is 0 Å². The van der Waals surface area contributed by atoms with Crippen LogP contribution >= 0.6 is 11.6 Å². The molecule has 2 rings (SSSR count). The van der Waals surface area contributed by atoms with Crippen molar-refractivity contribution in [1.82, 2.24) is 0 Å². The predicted molar refractivity (Wildman–Crippen MR) is 92.6 cm³/mol. The molecular formula is C18H20ClFN2O4. The minimum atomic E-state index is -2.86. The molecule has 1 heterocycles. The first kappa shape index (κ1) is 20.0. The van der Waals surface area contributed by atoms with Crippen LogP contribution < -0.4 is 5.73 Å². The molecule has 2 N–H and O–H groups in total. The number of hydrogen-bond donors (Lipinski definition) is 1. The number of nitrogens with zero attached hydrogens (tertiary/aromatic N) is 1. The van der Waals surface area contributed by atoms with E-state index in [1.807, 2.05) is 6.07 Å². The first-order chi connectivity index (χ1) is 12.2. The zero-order chi connectivity index (χ0) is 19.5. The first-order valence-electron chi connectivity index (χ1n) is 8.09. The van der Waals surface area contributed by atoms with E-state index in [4.69, 9.17) is 31.5 Å². The fourth-order valence-electron chi connectivity index (χ4n) is 3.09. The molecule has 0 amide bonds. The Labute approximate surface area is 156 Å². The summed E-state index contributed by atoms with van der Waals surface area (Å²) in [6, 6.07) is 8.02. The van der Waals surface area contributed by atoms with E-state index in [0.29, 0.717) is 5.02 Å². The Kier molecular flexibility index (Phi) is 5.79. The van der Waals surface area contributed by atoms with Gasteiger partial charge >= 0.3 is 5.97 Å². The van der Waals surface area contributed by atoms with Gasteiger partial charge in [0.15, 0.2) is 0 Å². The summed E-state index contributed by atoms with van der Waals surface area (Å²) in [6.45, 7) is 4.40. The lowest BCUT2D eigenvalue weighted by atomic mass is 9.72. The van der Waals surface area contributed by atoms with Crippen molar-refractivity contribution < 1.29 is 23.4 Å². The van der Waals surface area contributed by atoms with E-state index in [1.165, 1.54) is 13.0 Å². The molecule has 1 aliphatic rings. The molecule has 1 aliphatic heterocycles. The summed E-state index contributed by atoms with van der Waals surface area (Å²) >= 11 is 6.03. The Morgan fingerprint density at radius 2 is 2.15 bits per heavy atom. The van der Waals surface area contributed by atoms with Crippen molar-refractivity contribution in [3.8, 4) is 6.07 Å². The average Bonchev–Trinajstić information content (AvgIpc) is 2.58. The highest BCUT2D eigenvalue weighted by Crippen LogP contribution is 2.52. The number of nitriles is 1. The van der Waals surface area contributed by atoms with Crippen LogP contribution in [-0.4, -0.2) is 30.6 Å². The third-order valence-electron chi connectivity index (χ3n) is 4.21. The van der Waals surface area contributed by atoms with Gasteiger partial charge in [-0.1, -0.05) is 23.7 Å². The molecule has 0 aliphatic carbocycles. The van der Waals surface area contributed by atoms with Crippen LogP contribution in [0, 0.1) is 11.3 Å². The topological polar surface area (TPSA) is 94.6 Å². The van der Waals surface area contributed by atoms with E-state index in [-0.39, 0.29) is 30.2 Å². The second-order valence-corrected chi connectivity index (χ2v) is 6.23. The molecule has 8 heteroatoms. The van der Waals surface area contributed by atoms with Gasteiger partial charge in [0, 0.05) is 18.6 Å². The second-order valence-electron chi connectivity index (χ2n) is 5.79. The molecule has 6 nitrogen and oxygen atoms in total. The van der Waals surface area contributed by atoms with E-state index in [2.05, 4.69) is 0 Å². The van der Waals surface area contributed by atoms with Crippen LogP contribution in [0.3, 0.4) is 0 Å². The number of hydrogen-bond acceptors (Lipinski definition) is 6. The van der Waals surface area contributed by atoms with Crippen LogP contribution in [0.15, 0.2) is 35.7 Å². The van der Waals surface area contributed by atoms with Crippen molar-refractivity contribution in [3.05, 3.63) is 46.3 Å². The Morgan fingerprint density at radius 3 is 2.69 bits per heavy atom. The summed E-state index contributed by atoms with van der Waals surface area (Å²) in [5, 5.41) is 9.86. The number of esters is 1. The van der Waals surface area contributed by atoms with Crippen LogP contribution in [0.1, 0.15) is 32.3 Å². The van der Waals surface area contributed by atoms with Crippen molar-refractivity contribution in [2.24, 2.45) is 5.73 Å². The highest BCUT2D eigenvalue weighted by Gasteiger charge is 2.68. The zero-order valence-corrected chi connectivity index (χ0v) is 15.5. The molecule has 26 heavy (non-hydrogen) atoms. The van der Waals surface area contributed by atoms with Crippen molar-refractivity contribution >= 4 is 17.6 Å². The lowest BCUT2D eigenvalue weighted by Crippen LogP contribution is -2.64. The van der Waals surface area contributed by atoms with Crippen LogP contribution in [-0.2, 0) is 19.0 Å². The van der Waals surface area contributed by atoms with Crippen molar-refractivity contribution in [2.45, 2.75) is 38.1 Å².